The minimum Gasteiger partial charge on any atom is -0.309 e. The first-order valence-corrected chi connectivity index (χ1v) is 18.4. The fourth-order valence-corrected chi connectivity index (χ4v) is 8.72. The van der Waals surface area contributed by atoms with Crippen molar-refractivity contribution in [3.8, 4) is 33.4 Å². The highest BCUT2D eigenvalue weighted by Gasteiger charge is 2.42. The zero-order valence-electron chi connectivity index (χ0n) is 29.6. The first kappa shape index (κ1) is 31.1. The molecule has 0 spiro atoms. The van der Waals surface area contributed by atoms with Gasteiger partial charge in [-0.1, -0.05) is 182 Å². The number of nitrogens with zero attached hydrogens (tertiary/aromatic N) is 1. The van der Waals surface area contributed by atoms with E-state index in [2.05, 4.69) is 218 Å². The maximum atomic E-state index is 2.47. The third-order valence-corrected chi connectivity index (χ3v) is 11.4. The van der Waals surface area contributed by atoms with Gasteiger partial charge in [-0.05, 0) is 91.9 Å². The van der Waals surface area contributed by atoms with Gasteiger partial charge in [0.15, 0.2) is 0 Å². The molecule has 0 saturated carbocycles. The van der Waals surface area contributed by atoms with E-state index < -0.39 is 0 Å². The van der Waals surface area contributed by atoms with E-state index in [1.165, 1.54) is 77.3 Å². The molecule has 0 heterocycles. The number of hydrogen-bond donors (Lipinski definition) is 0. The Morgan fingerprint density at radius 2 is 0.868 bits per heavy atom. The van der Waals surface area contributed by atoms with Crippen LogP contribution in [0.2, 0.25) is 0 Å². The Morgan fingerprint density at radius 1 is 0.358 bits per heavy atom. The summed E-state index contributed by atoms with van der Waals surface area (Å²) >= 11 is 0. The van der Waals surface area contributed by atoms with Crippen LogP contribution in [0.4, 0.5) is 17.1 Å². The summed E-state index contributed by atoms with van der Waals surface area (Å²) in [6.07, 6.45) is 0. The normalized spacial score (nSPS) is 14.6. The summed E-state index contributed by atoms with van der Waals surface area (Å²) < 4.78 is 0. The van der Waals surface area contributed by atoms with Gasteiger partial charge in [0.25, 0.3) is 0 Å². The average Bonchev–Trinajstić information content (AvgIpc) is 3.50. The van der Waals surface area contributed by atoms with Crippen LogP contribution in [0.3, 0.4) is 0 Å². The lowest BCUT2D eigenvalue weighted by atomic mass is 9.74. The van der Waals surface area contributed by atoms with Crippen LogP contribution < -0.4 is 4.90 Å². The maximum absolute atomic E-state index is 2.47. The first-order valence-electron chi connectivity index (χ1n) is 18.4. The van der Waals surface area contributed by atoms with Gasteiger partial charge < -0.3 is 4.90 Å². The molecule has 1 nitrogen and oxygen atoms in total. The molecule has 0 N–H and O–H groups in total. The quantitative estimate of drug-likeness (QED) is 0.170. The van der Waals surface area contributed by atoms with E-state index in [1.54, 1.807) is 0 Å². The van der Waals surface area contributed by atoms with Crippen molar-refractivity contribution in [3.05, 3.63) is 223 Å². The van der Waals surface area contributed by atoms with Gasteiger partial charge in [0.2, 0.25) is 0 Å². The van der Waals surface area contributed by atoms with Crippen LogP contribution in [0.1, 0.15) is 23.6 Å². The van der Waals surface area contributed by atoms with Crippen molar-refractivity contribution >= 4 is 38.6 Å². The molecule has 10 rings (SSSR count). The predicted octanol–water partition coefficient (Wildman–Crippen LogP) is 14.1. The fraction of sp³-hybridized carbons (Fsp3) is 0.0385. The van der Waals surface area contributed by atoms with Crippen molar-refractivity contribution in [2.75, 3.05) is 4.90 Å². The standard InChI is InChI=1S/C52H37N/c1-52(41-18-3-2-4-19-41)47-24-10-9-22-46(47)51-48(52)25-13-27-50(51)53(49-26-12-17-39-15-6-8-21-45(39)49)42-34-32-37(33-35-42)36-28-30-40(31-29-36)44-23-11-16-38-14-5-7-20-43(38)44/h2-35H,1H3. The Hall–Kier alpha value is -6.70. The van der Waals surface area contributed by atoms with Crippen molar-refractivity contribution in [1.29, 1.82) is 0 Å². The predicted molar refractivity (Wildman–Crippen MR) is 224 cm³/mol. The van der Waals surface area contributed by atoms with Gasteiger partial charge in [-0.2, -0.15) is 0 Å². The Balaban J connectivity index is 1.11. The molecule has 0 saturated heterocycles. The Kier molecular flexibility index (Phi) is 7.33. The van der Waals surface area contributed by atoms with E-state index in [1.807, 2.05) is 0 Å². The minimum atomic E-state index is -0.282. The number of hydrogen-bond acceptors (Lipinski definition) is 1. The molecule has 0 fully saturated rings. The van der Waals surface area contributed by atoms with E-state index >= 15 is 0 Å². The molecule has 0 radical (unpaired) electrons. The summed E-state index contributed by atoms with van der Waals surface area (Å²) in [6, 6.07) is 75.5. The van der Waals surface area contributed by atoms with Crippen LogP contribution in [0, 0.1) is 0 Å². The van der Waals surface area contributed by atoms with Crippen LogP contribution in [-0.2, 0) is 5.41 Å². The summed E-state index contributed by atoms with van der Waals surface area (Å²) in [6.45, 7) is 2.39. The molecule has 0 bridgehead atoms. The van der Waals surface area contributed by atoms with Crippen molar-refractivity contribution < 1.29 is 0 Å². The monoisotopic (exact) mass is 675 g/mol. The molecule has 0 aromatic heterocycles. The topological polar surface area (TPSA) is 3.24 Å². The largest absolute Gasteiger partial charge is 0.309 e. The lowest BCUT2D eigenvalue weighted by Gasteiger charge is -2.31. The second-order valence-corrected chi connectivity index (χ2v) is 14.2. The van der Waals surface area contributed by atoms with Gasteiger partial charge in [0.05, 0.1) is 11.4 Å². The van der Waals surface area contributed by atoms with E-state index in [0.29, 0.717) is 0 Å². The zero-order chi connectivity index (χ0) is 35.4. The highest BCUT2D eigenvalue weighted by atomic mass is 15.1. The summed E-state index contributed by atoms with van der Waals surface area (Å²) in [5.74, 6) is 0. The number of anilines is 3. The van der Waals surface area contributed by atoms with Crippen LogP contribution in [0.25, 0.3) is 54.9 Å². The lowest BCUT2D eigenvalue weighted by molar-refractivity contribution is 0.714. The molecule has 1 atom stereocenters. The van der Waals surface area contributed by atoms with Crippen molar-refractivity contribution in [3.63, 3.8) is 0 Å². The highest BCUT2D eigenvalue weighted by molar-refractivity contribution is 6.03. The third-order valence-electron chi connectivity index (χ3n) is 11.4. The van der Waals surface area contributed by atoms with Crippen LogP contribution in [0.5, 0.6) is 0 Å². The molecule has 1 heteroatoms. The molecule has 0 aliphatic heterocycles. The molecule has 9 aromatic rings. The van der Waals surface area contributed by atoms with Crippen LogP contribution in [0.15, 0.2) is 206 Å². The number of rotatable bonds is 6. The van der Waals surface area contributed by atoms with E-state index in [0.717, 1.165) is 11.4 Å². The van der Waals surface area contributed by atoms with Gasteiger partial charge >= 0.3 is 0 Å². The molecule has 9 aromatic carbocycles. The molecule has 1 unspecified atom stereocenters. The minimum absolute atomic E-state index is 0.282. The lowest BCUT2D eigenvalue weighted by Crippen LogP contribution is -2.22. The Morgan fingerprint density at radius 3 is 1.64 bits per heavy atom. The van der Waals surface area contributed by atoms with Crippen LogP contribution in [-0.4, -0.2) is 0 Å². The molecule has 0 amide bonds. The average molecular weight is 676 g/mol. The third kappa shape index (κ3) is 5.00. The molecule has 250 valence electrons. The molecule has 53 heavy (non-hydrogen) atoms. The van der Waals surface area contributed by atoms with Gasteiger partial charge in [0, 0.05) is 22.1 Å². The SMILES string of the molecule is CC1(c2ccccc2)c2ccccc2-c2c(N(c3ccc(-c4ccc(-c5cccc6ccccc56)cc4)cc3)c3cccc4ccccc34)cccc21. The second-order valence-electron chi connectivity index (χ2n) is 14.2. The molecule has 1 aliphatic carbocycles. The fourth-order valence-electron chi connectivity index (χ4n) is 8.72. The molecular weight excluding hydrogens is 639 g/mol. The first-order chi connectivity index (χ1) is 26.2. The van der Waals surface area contributed by atoms with E-state index in [9.17, 15) is 0 Å². The summed E-state index contributed by atoms with van der Waals surface area (Å²) in [7, 11) is 0. The Labute approximate surface area is 311 Å². The molecule has 1 aliphatic rings. The van der Waals surface area contributed by atoms with Crippen molar-refractivity contribution in [2.24, 2.45) is 0 Å². The van der Waals surface area contributed by atoms with Gasteiger partial charge in [-0.15, -0.1) is 0 Å². The highest BCUT2D eigenvalue weighted by Crippen LogP contribution is 2.57. The zero-order valence-corrected chi connectivity index (χ0v) is 29.6. The van der Waals surface area contributed by atoms with E-state index in [4.69, 9.17) is 0 Å². The van der Waals surface area contributed by atoms with Gasteiger partial charge in [-0.25, -0.2) is 0 Å². The Bertz CT molecular complexity index is 2770. The smallest absolute Gasteiger partial charge is 0.0543 e. The number of fused-ring (bicyclic) bond motifs is 5. The number of benzene rings is 9. The molecular formula is C52H37N. The van der Waals surface area contributed by atoms with E-state index in [-0.39, 0.29) is 5.41 Å². The van der Waals surface area contributed by atoms with Gasteiger partial charge in [0.1, 0.15) is 0 Å². The van der Waals surface area contributed by atoms with Crippen molar-refractivity contribution in [1.82, 2.24) is 0 Å². The van der Waals surface area contributed by atoms with Gasteiger partial charge in [-0.3, -0.25) is 0 Å². The second kappa shape index (κ2) is 12.5. The van der Waals surface area contributed by atoms with Crippen molar-refractivity contribution in [2.45, 2.75) is 12.3 Å². The summed E-state index contributed by atoms with van der Waals surface area (Å²) in [5, 5.41) is 4.98. The summed E-state index contributed by atoms with van der Waals surface area (Å²) in [5.41, 5.74) is 14.6. The maximum Gasteiger partial charge on any atom is 0.0543 e. The van der Waals surface area contributed by atoms with Crippen LogP contribution >= 0.6 is 0 Å². The summed E-state index contributed by atoms with van der Waals surface area (Å²) in [4.78, 5) is 2.47.